The number of anilines is 1. The lowest BCUT2D eigenvalue weighted by molar-refractivity contribution is -0.136. The van der Waals surface area contributed by atoms with Crippen LogP contribution in [0, 0.1) is 33.2 Å². The molecule has 0 aliphatic heterocycles. The Labute approximate surface area is 213 Å². The number of hydrogen-bond acceptors (Lipinski definition) is 5. The minimum absolute atomic E-state index is 0.0463. The Kier molecular flexibility index (Phi) is 9.38. The molecule has 0 aliphatic rings. The number of hydrogen-bond donors (Lipinski definition) is 3. The van der Waals surface area contributed by atoms with E-state index in [2.05, 4.69) is 29.3 Å². The van der Waals surface area contributed by atoms with Gasteiger partial charge in [0.2, 0.25) is 0 Å². The molecule has 0 aliphatic carbocycles. The number of alkyl carbamates (subject to hydrolysis) is 1. The maximum Gasteiger partial charge on any atom is 0.408 e. The summed E-state index contributed by atoms with van der Waals surface area (Å²) in [6.07, 6.45) is 4.99. The molecule has 2 N–H and O–H groups in total. The highest BCUT2D eigenvalue weighted by molar-refractivity contribution is 7.80. The highest BCUT2D eigenvalue weighted by Gasteiger charge is 2.35. The number of benzene rings is 2. The Balaban J connectivity index is 2.45. The average molecular weight is 496 g/mol. The topological polar surface area (TPSA) is 87.7 Å². The van der Waals surface area contributed by atoms with E-state index in [4.69, 9.17) is 11.2 Å². The molecule has 7 nitrogen and oxygen atoms in total. The van der Waals surface area contributed by atoms with Crippen LogP contribution >= 0.6 is 12.6 Å². The predicted molar refractivity (Wildman–Crippen MR) is 141 cm³/mol. The molecule has 0 fully saturated rings. The molecular weight excluding hydrogens is 462 g/mol. The van der Waals surface area contributed by atoms with Gasteiger partial charge < -0.3 is 15.4 Å². The van der Waals surface area contributed by atoms with Gasteiger partial charge in [-0.05, 0) is 58.2 Å². The van der Waals surface area contributed by atoms with Crippen molar-refractivity contribution in [1.82, 2.24) is 10.2 Å². The van der Waals surface area contributed by atoms with Gasteiger partial charge in [-0.15, -0.1) is 0 Å². The third kappa shape index (κ3) is 7.52. The van der Waals surface area contributed by atoms with Gasteiger partial charge in [0.1, 0.15) is 17.7 Å². The standard InChI is InChI=1S/C27H33N3O4S/c1-8-30(25(32)21(16-35)28-26(33)34-27(5,6)7)23(20-14-9-11-17(2)15-20)24(31)29-22-18(3)12-10-13-19(22)4/h1,9-15,21,23,35H,16H2,2-7H3,(H,28,33)(H,29,31). The van der Waals surface area contributed by atoms with Gasteiger partial charge in [-0.2, -0.15) is 12.6 Å². The molecule has 0 heterocycles. The summed E-state index contributed by atoms with van der Waals surface area (Å²) in [5.74, 6) is -1.18. The molecule has 2 atom stereocenters. The van der Waals surface area contributed by atoms with Crippen LogP contribution in [0.15, 0.2) is 42.5 Å². The fourth-order valence-corrected chi connectivity index (χ4v) is 3.78. The van der Waals surface area contributed by atoms with Crippen LogP contribution in [0.3, 0.4) is 0 Å². The van der Waals surface area contributed by atoms with Crippen molar-refractivity contribution in [3.8, 4) is 12.5 Å². The van der Waals surface area contributed by atoms with Crippen LogP contribution in [0.1, 0.15) is 49.1 Å². The molecule has 2 unspecified atom stereocenters. The van der Waals surface area contributed by atoms with E-state index < -0.39 is 35.6 Å². The molecule has 2 aromatic carbocycles. The maximum absolute atomic E-state index is 13.6. The van der Waals surface area contributed by atoms with Crippen LogP contribution < -0.4 is 10.6 Å². The first kappa shape index (κ1) is 27.8. The zero-order valence-corrected chi connectivity index (χ0v) is 21.9. The molecule has 3 amide bonds. The van der Waals surface area contributed by atoms with E-state index in [1.807, 2.05) is 45.0 Å². The molecular formula is C27H33N3O4S. The van der Waals surface area contributed by atoms with Crippen LogP contribution in [0.5, 0.6) is 0 Å². The van der Waals surface area contributed by atoms with Crippen molar-refractivity contribution in [2.45, 2.75) is 59.2 Å². The first-order valence-electron chi connectivity index (χ1n) is 11.2. The van der Waals surface area contributed by atoms with Crippen LogP contribution in [0.25, 0.3) is 0 Å². The number of para-hydroxylation sites is 1. The predicted octanol–water partition coefficient (Wildman–Crippen LogP) is 4.53. The van der Waals surface area contributed by atoms with Crippen LogP contribution in [0.4, 0.5) is 10.5 Å². The van der Waals surface area contributed by atoms with Gasteiger partial charge in [-0.1, -0.05) is 54.5 Å². The van der Waals surface area contributed by atoms with Crippen molar-refractivity contribution >= 4 is 36.2 Å². The minimum atomic E-state index is -1.14. The lowest BCUT2D eigenvalue weighted by Gasteiger charge is -2.30. The number of carbonyl (C=O) groups excluding carboxylic acids is 3. The molecule has 8 heteroatoms. The van der Waals surface area contributed by atoms with Crippen molar-refractivity contribution in [1.29, 1.82) is 0 Å². The molecule has 0 saturated carbocycles. The highest BCUT2D eigenvalue weighted by atomic mass is 32.1. The summed E-state index contributed by atoms with van der Waals surface area (Å²) < 4.78 is 5.26. The summed E-state index contributed by atoms with van der Waals surface area (Å²) in [6, 6.07) is 13.0. The molecule has 0 aromatic heterocycles. The molecule has 2 aromatic rings. The van der Waals surface area contributed by atoms with Crippen molar-refractivity contribution in [3.05, 3.63) is 64.7 Å². The maximum atomic E-state index is 13.6. The number of rotatable bonds is 7. The van der Waals surface area contributed by atoms with Gasteiger partial charge in [-0.25, -0.2) is 4.79 Å². The summed E-state index contributed by atoms with van der Waals surface area (Å²) in [5.41, 5.74) is 3.08. The number of terminal acetylenes is 1. The van der Waals surface area contributed by atoms with E-state index in [9.17, 15) is 14.4 Å². The summed E-state index contributed by atoms with van der Waals surface area (Å²) >= 11 is 4.22. The molecule has 2 rings (SSSR count). The number of thiol groups is 1. The van der Waals surface area contributed by atoms with Crippen molar-refractivity contribution in [2.75, 3.05) is 11.1 Å². The van der Waals surface area contributed by atoms with Crippen molar-refractivity contribution in [3.63, 3.8) is 0 Å². The number of carbonyl (C=O) groups is 3. The van der Waals surface area contributed by atoms with Crippen LogP contribution in [-0.4, -0.2) is 40.2 Å². The second-order valence-corrected chi connectivity index (χ2v) is 9.66. The van der Waals surface area contributed by atoms with Crippen LogP contribution in [-0.2, 0) is 14.3 Å². The van der Waals surface area contributed by atoms with Crippen LogP contribution in [0.2, 0.25) is 0 Å². The summed E-state index contributed by atoms with van der Waals surface area (Å²) in [5, 5.41) is 5.44. The molecule has 35 heavy (non-hydrogen) atoms. The van der Waals surface area contributed by atoms with E-state index in [0.29, 0.717) is 11.3 Å². The van der Waals surface area contributed by atoms with E-state index in [-0.39, 0.29) is 5.75 Å². The first-order valence-corrected chi connectivity index (χ1v) is 11.8. The Hall–Kier alpha value is -3.44. The number of ether oxygens (including phenoxy) is 1. The number of amides is 3. The second kappa shape index (κ2) is 11.8. The third-order valence-corrected chi connectivity index (χ3v) is 5.51. The largest absolute Gasteiger partial charge is 0.444 e. The van der Waals surface area contributed by atoms with E-state index in [1.54, 1.807) is 39.0 Å². The van der Waals surface area contributed by atoms with Gasteiger partial charge in [0, 0.05) is 17.5 Å². The Morgan fingerprint density at radius 3 is 2.20 bits per heavy atom. The van der Waals surface area contributed by atoms with Crippen molar-refractivity contribution in [2.24, 2.45) is 0 Å². The second-order valence-electron chi connectivity index (χ2n) is 9.29. The SMILES string of the molecule is C#CN(C(=O)C(CS)NC(=O)OC(C)(C)C)C(C(=O)Nc1c(C)cccc1C)c1cccc(C)c1. The average Bonchev–Trinajstić information content (AvgIpc) is 2.76. The van der Waals surface area contributed by atoms with E-state index >= 15 is 0 Å². The third-order valence-electron chi connectivity index (χ3n) is 5.14. The molecule has 0 bridgehead atoms. The zero-order valence-electron chi connectivity index (χ0n) is 21.0. The van der Waals surface area contributed by atoms with Gasteiger partial charge in [0.15, 0.2) is 0 Å². The highest BCUT2D eigenvalue weighted by Crippen LogP contribution is 2.27. The number of nitrogens with one attached hydrogen (secondary N) is 2. The van der Waals surface area contributed by atoms with Gasteiger partial charge in [0.25, 0.3) is 11.8 Å². The molecule has 0 spiro atoms. The Morgan fingerprint density at radius 2 is 1.69 bits per heavy atom. The van der Waals surface area contributed by atoms with E-state index in [1.165, 1.54) is 0 Å². The number of aryl methyl sites for hydroxylation is 3. The first-order chi connectivity index (χ1) is 16.4. The fraction of sp³-hybridized carbons (Fsp3) is 0.370. The Bertz CT molecular complexity index is 1110. The van der Waals surface area contributed by atoms with Gasteiger partial charge >= 0.3 is 6.09 Å². The smallest absolute Gasteiger partial charge is 0.408 e. The molecule has 186 valence electrons. The molecule has 0 saturated heterocycles. The zero-order chi connectivity index (χ0) is 26.3. The van der Waals surface area contributed by atoms with Gasteiger partial charge in [-0.3, -0.25) is 14.5 Å². The van der Waals surface area contributed by atoms with Crippen molar-refractivity contribution < 1.29 is 19.1 Å². The molecule has 0 radical (unpaired) electrons. The van der Waals surface area contributed by atoms with Gasteiger partial charge in [0.05, 0.1) is 0 Å². The Morgan fingerprint density at radius 1 is 1.09 bits per heavy atom. The summed E-state index contributed by atoms with van der Waals surface area (Å²) in [4.78, 5) is 40.4. The van der Waals surface area contributed by atoms with E-state index in [0.717, 1.165) is 21.6 Å². The lowest BCUT2D eigenvalue weighted by atomic mass is 10.0. The fourth-order valence-electron chi connectivity index (χ4n) is 3.53. The number of nitrogens with zero attached hydrogens (tertiary/aromatic N) is 1. The normalized spacial score (nSPS) is 12.6. The lowest BCUT2D eigenvalue weighted by Crippen LogP contribution is -2.51. The monoisotopic (exact) mass is 495 g/mol. The minimum Gasteiger partial charge on any atom is -0.444 e. The quantitative estimate of drug-likeness (QED) is 0.299. The summed E-state index contributed by atoms with van der Waals surface area (Å²) in [7, 11) is 0. The summed E-state index contributed by atoms with van der Waals surface area (Å²) in [6.45, 7) is 10.8.